The molecule has 3 nitrogen and oxygen atoms in total. The van der Waals surface area contributed by atoms with Crippen LogP contribution in [-0.4, -0.2) is 19.5 Å². The molecule has 1 fully saturated rings. The van der Waals surface area contributed by atoms with Gasteiger partial charge in [-0.15, -0.1) is 0 Å². The minimum Gasteiger partial charge on any atom is -0.491 e. The maximum Gasteiger partial charge on any atom is 0.197 e. The zero-order chi connectivity index (χ0) is 22.3. The molecule has 31 heavy (non-hydrogen) atoms. The fourth-order valence-electron chi connectivity index (χ4n) is 4.17. The fraction of sp³-hybridized carbons (Fsp3) is 0.571. The van der Waals surface area contributed by atoms with Crippen molar-refractivity contribution in [2.24, 2.45) is 5.92 Å². The predicted molar refractivity (Wildman–Crippen MR) is 128 cm³/mol. The van der Waals surface area contributed by atoms with Gasteiger partial charge in [0.05, 0.1) is 6.61 Å². The van der Waals surface area contributed by atoms with Crippen molar-refractivity contribution >= 4 is 0 Å². The highest BCUT2D eigenvalue weighted by molar-refractivity contribution is 5.32. The van der Waals surface area contributed by atoms with Crippen molar-refractivity contribution in [3.8, 4) is 11.5 Å². The average molecular weight is 425 g/mol. The minimum absolute atomic E-state index is 0.145. The molecule has 0 bridgehead atoms. The summed E-state index contributed by atoms with van der Waals surface area (Å²) in [5.74, 6) is 3.04. The van der Waals surface area contributed by atoms with Crippen LogP contribution in [0.5, 0.6) is 11.5 Å². The third kappa shape index (κ3) is 6.74. The third-order valence-corrected chi connectivity index (χ3v) is 7.01. The van der Waals surface area contributed by atoms with E-state index in [0.717, 1.165) is 17.4 Å². The van der Waals surface area contributed by atoms with Crippen molar-refractivity contribution in [2.45, 2.75) is 84.3 Å². The van der Waals surface area contributed by atoms with E-state index in [0.29, 0.717) is 19.1 Å². The number of hydrogen-bond acceptors (Lipinski definition) is 3. The summed E-state index contributed by atoms with van der Waals surface area (Å²) in [6.45, 7) is 12.0. The Kier molecular flexibility index (Phi) is 8.43. The maximum absolute atomic E-state index is 5.90. The molecule has 1 aliphatic rings. The topological polar surface area (TPSA) is 27.7 Å². The van der Waals surface area contributed by atoms with Gasteiger partial charge in [0.1, 0.15) is 18.1 Å². The van der Waals surface area contributed by atoms with Gasteiger partial charge in [-0.25, -0.2) is 0 Å². The van der Waals surface area contributed by atoms with Gasteiger partial charge >= 0.3 is 0 Å². The molecule has 1 saturated carbocycles. The summed E-state index contributed by atoms with van der Waals surface area (Å²) in [5, 5.41) is 0. The minimum atomic E-state index is -0.318. The molecule has 0 radical (unpaired) electrons. The van der Waals surface area contributed by atoms with E-state index in [9.17, 15) is 0 Å². The number of benzene rings is 2. The van der Waals surface area contributed by atoms with Crippen molar-refractivity contribution < 1.29 is 14.2 Å². The monoisotopic (exact) mass is 424 g/mol. The Bertz CT molecular complexity index is 771. The van der Waals surface area contributed by atoms with E-state index in [1.807, 2.05) is 19.1 Å². The third-order valence-electron chi connectivity index (χ3n) is 7.01. The van der Waals surface area contributed by atoms with Gasteiger partial charge in [-0.1, -0.05) is 71.2 Å². The number of hydrogen-bond donors (Lipinski definition) is 0. The molecule has 1 aliphatic carbocycles. The predicted octanol–water partition coefficient (Wildman–Crippen LogP) is 7.49. The van der Waals surface area contributed by atoms with Gasteiger partial charge in [-0.2, -0.15) is 0 Å². The second kappa shape index (κ2) is 11.0. The lowest BCUT2D eigenvalue weighted by molar-refractivity contribution is -0.0739. The van der Waals surface area contributed by atoms with Crippen LogP contribution >= 0.6 is 0 Å². The van der Waals surface area contributed by atoms with E-state index in [1.54, 1.807) is 0 Å². The van der Waals surface area contributed by atoms with Gasteiger partial charge < -0.3 is 14.2 Å². The van der Waals surface area contributed by atoms with Crippen molar-refractivity contribution in [3.05, 3.63) is 59.7 Å². The molecule has 0 N–H and O–H groups in total. The van der Waals surface area contributed by atoms with Crippen LogP contribution in [0.3, 0.4) is 0 Å². The SMILES string of the molecule is CC(OCCOc1ccc(C2CCCCC2)cc1)Oc1ccc(C(C)(C)C(C)C)cc1. The van der Waals surface area contributed by atoms with Crippen LogP contribution in [0.2, 0.25) is 0 Å². The summed E-state index contributed by atoms with van der Waals surface area (Å²) in [5.41, 5.74) is 2.92. The van der Waals surface area contributed by atoms with E-state index in [-0.39, 0.29) is 11.7 Å². The molecule has 1 unspecified atom stereocenters. The van der Waals surface area contributed by atoms with Crippen LogP contribution in [0, 0.1) is 5.92 Å². The normalized spacial score (nSPS) is 16.3. The first-order valence-corrected chi connectivity index (χ1v) is 12.0. The summed E-state index contributed by atoms with van der Waals surface area (Å²) in [6, 6.07) is 17.0. The second-order valence-corrected chi connectivity index (χ2v) is 9.71. The summed E-state index contributed by atoms with van der Waals surface area (Å²) in [7, 11) is 0. The zero-order valence-corrected chi connectivity index (χ0v) is 20.0. The Morgan fingerprint density at radius 3 is 2.03 bits per heavy atom. The average Bonchev–Trinajstić information content (AvgIpc) is 2.78. The van der Waals surface area contributed by atoms with E-state index in [1.165, 1.54) is 43.2 Å². The van der Waals surface area contributed by atoms with Crippen LogP contribution in [0.1, 0.15) is 83.8 Å². The quantitative estimate of drug-likeness (QED) is 0.292. The van der Waals surface area contributed by atoms with E-state index < -0.39 is 0 Å². The molecule has 3 heteroatoms. The molecule has 0 aromatic heterocycles. The van der Waals surface area contributed by atoms with Crippen molar-refractivity contribution in [1.29, 1.82) is 0 Å². The van der Waals surface area contributed by atoms with E-state index >= 15 is 0 Å². The second-order valence-electron chi connectivity index (χ2n) is 9.71. The van der Waals surface area contributed by atoms with Crippen LogP contribution in [-0.2, 0) is 10.2 Å². The molecule has 2 aromatic rings. The Morgan fingerprint density at radius 2 is 1.42 bits per heavy atom. The smallest absolute Gasteiger partial charge is 0.197 e. The van der Waals surface area contributed by atoms with E-state index in [2.05, 4.69) is 64.1 Å². The van der Waals surface area contributed by atoms with Crippen LogP contribution in [0.4, 0.5) is 0 Å². The summed E-state index contributed by atoms with van der Waals surface area (Å²) >= 11 is 0. The first-order chi connectivity index (χ1) is 14.9. The van der Waals surface area contributed by atoms with Crippen molar-refractivity contribution in [1.82, 2.24) is 0 Å². The lowest BCUT2D eigenvalue weighted by Gasteiger charge is -2.30. The Morgan fingerprint density at radius 1 is 0.806 bits per heavy atom. The molecule has 2 aromatic carbocycles. The number of ether oxygens (including phenoxy) is 3. The Balaban J connectivity index is 1.38. The fourth-order valence-corrected chi connectivity index (χ4v) is 4.17. The molecular weight excluding hydrogens is 384 g/mol. The molecule has 0 spiro atoms. The highest BCUT2D eigenvalue weighted by Crippen LogP contribution is 2.34. The van der Waals surface area contributed by atoms with Crippen LogP contribution < -0.4 is 9.47 Å². The first kappa shape index (κ1) is 23.7. The first-order valence-electron chi connectivity index (χ1n) is 12.0. The summed E-state index contributed by atoms with van der Waals surface area (Å²) in [6.07, 6.45) is 6.44. The molecule has 0 aliphatic heterocycles. The molecule has 0 saturated heterocycles. The lowest BCUT2D eigenvalue weighted by atomic mass is 9.75. The van der Waals surface area contributed by atoms with Crippen molar-refractivity contribution in [2.75, 3.05) is 13.2 Å². The molecule has 1 atom stereocenters. The standard InChI is InChI=1S/C28H40O3/c1-21(2)28(4,5)25-13-17-27(18-14-25)31-22(3)29-19-20-30-26-15-11-24(12-16-26)23-9-7-6-8-10-23/h11-18,21-23H,6-10,19-20H2,1-5H3. The molecule has 0 amide bonds. The van der Waals surface area contributed by atoms with Crippen molar-refractivity contribution in [3.63, 3.8) is 0 Å². The summed E-state index contributed by atoms with van der Waals surface area (Å²) in [4.78, 5) is 0. The van der Waals surface area contributed by atoms with E-state index in [4.69, 9.17) is 14.2 Å². The maximum atomic E-state index is 5.90. The summed E-state index contributed by atoms with van der Waals surface area (Å²) < 4.78 is 17.5. The van der Waals surface area contributed by atoms with Gasteiger partial charge in [-0.3, -0.25) is 0 Å². The largest absolute Gasteiger partial charge is 0.491 e. The van der Waals surface area contributed by atoms with Gasteiger partial charge in [0.2, 0.25) is 0 Å². The Labute approximate surface area is 189 Å². The molecule has 170 valence electrons. The van der Waals surface area contributed by atoms with Crippen LogP contribution in [0.15, 0.2) is 48.5 Å². The number of rotatable bonds is 10. The molecule has 3 rings (SSSR count). The highest BCUT2D eigenvalue weighted by atomic mass is 16.7. The van der Waals surface area contributed by atoms with Gasteiger partial charge in [0.15, 0.2) is 6.29 Å². The van der Waals surface area contributed by atoms with Crippen LogP contribution in [0.25, 0.3) is 0 Å². The van der Waals surface area contributed by atoms with Gasteiger partial charge in [0, 0.05) is 0 Å². The molecule has 0 heterocycles. The molecular formula is C28H40O3. The van der Waals surface area contributed by atoms with Gasteiger partial charge in [-0.05, 0) is 72.4 Å². The highest BCUT2D eigenvalue weighted by Gasteiger charge is 2.24. The zero-order valence-electron chi connectivity index (χ0n) is 20.0. The van der Waals surface area contributed by atoms with Gasteiger partial charge in [0.25, 0.3) is 0 Å². The lowest BCUT2D eigenvalue weighted by Crippen LogP contribution is -2.24. The Hall–Kier alpha value is -2.00.